The molecule has 0 spiro atoms. The summed E-state index contributed by atoms with van der Waals surface area (Å²) in [6.07, 6.45) is 2.04. The van der Waals surface area contributed by atoms with Gasteiger partial charge in [0.05, 0.1) is 25.2 Å². The van der Waals surface area contributed by atoms with Crippen LogP contribution in [-0.2, 0) is 14.3 Å². The van der Waals surface area contributed by atoms with Crippen molar-refractivity contribution in [1.82, 2.24) is 4.90 Å². The molecule has 1 saturated heterocycles. The summed E-state index contributed by atoms with van der Waals surface area (Å²) in [5, 5.41) is 3.64. The van der Waals surface area contributed by atoms with E-state index in [1.54, 1.807) is 11.0 Å². The number of azide groups is 1. The first kappa shape index (κ1) is 11.5. The molecule has 2 aliphatic rings. The summed E-state index contributed by atoms with van der Waals surface area (Å²) < 4.78 is 4.63. The van der Waals surface area contributed by atoms with E-state index in [1.807, 2.05) is 0 Å². The molecule has 0 aromatic rings. The summed E-state index contributed by atoms with van der Waals surface area (Å²) in [5.41, 5.74) is 8.95. The van der Waals surface area contributed by atoms with Crippen molar-refractivity contribution in [3.8, 4) is 0 Å². The Hall–Kier alpha value is -2.01. The molecule has 1 heterocycles. The van der Waals surface area contributed by atoms with Gasteiger partial charge in [-0.15, -0.1) is 0 Å². The van der Waals surface area contributed by atoms with E-state index in [2.05, 4.69) is 14.8 Å². The van der Waals surface area contributed by atoms with Gasteiger partial charge in [-0.25, -0.2) is 4.79 Å². The van der Waals surface area contributed by atoms with Crippen molar-refractivity contribution in [2.24, 2.45) is 5.11 Å². The van der Waals surface area contributed by atoms with Crippen LogP contribution in [0.2, 0.25) is 0 Å². The fourth-order valence-electron chi connectivity index (χ4n) is 2.36. The number of carbonyl (C=O) groups is 2. The molecule has 1 aliphatic carbocycles. The molecule has 0 aromatic carbocycles. The summed E-state index contributed by atoms with van der Waals surface area (Å²) in [6.45, 7) is 1.46. The number of rotatable bonds is 2. The number of methoxy groups -OCH3 is 1. The zero-order chi connectivity index (χ0) is 12.6. The molecule has 3 atom stereocenters. The average Bonchev–Trinajstić information content (AvgIpc) is 3.02. The molecule has 7 heteroatoms. The van der Waals surface area contributed by atoms with Crippen molar-refractivity contribution in [2.45, 2.75) is 31.5 Å². The molecule has 0 saturated carbocycles. The highest BCUT2D eigenvalue weighted by molar-refractivity contribution is 5.90. The zero-order valence-electron chi connectivity index (χ0n) is 9.53. The van der Waals surface area contributed by atoms with Crippen LogP contribution in [0.15, 0.2) is 16.8 Å². The Bertz CT molecular complexity index is 452. The second-order valence-corrected chi connectivity index (χ2v) is 4.07. The molecule has 0 aromatic heterocycles. The van der Waals surface area contributed by atoms with Crippen molar-refractivity contribution in [2.75, 3.05) is 7.11 Å². The van der Waals surface area contributed by atoms with Crippen molar-refractivity contribution >= 4 is 11.9 Å². The van der Waals surface area contributed by atoms with Gasteiger partial charge in [-0.2, -0.15) is 0 Å². The monoisotopic (exact) mass is 236 g/mol. The van der Waals surface area contributed by atoms with Crippen molar-refractivity contribution in [3.63, 3.8) is 0 Å². The molecule has 1 fully saturated rings. The number of esters is 1. The maximum absolute atomic E-state index is 11.4. The van der Waals surface area contributed by atoms with Gasteiger partial charge in [0.2, 0.25) is 5.91 Å². The van der Waals surface area contributed by atoms with Crippen LogP contribution in [0.25, 0.3) is 10.4 Å². The minimum absolute atomic E-state index is 0.0829. The summed E-state index contributed by atoms with van der Waals surface area (Å²) in [6, 6.07) is -0.615. The first-order valence-electron chi connectivity index (χ1n) is 5.22. The van der Waals surface area contributed by atoms with Crippen LogP contribution in [0, 0.1) is 0 Å². The van der Waals surface area contributed by atoms with E-state index >= 15 is 0 Å². The summed E-state index contributed by atoms with van der Waals surface area (Å²) in [7, 11) is 1.30. The topological polar surface area (TPSA) is 95.1 Å². The van der Waals surface area contributed by atoms with Crippen molar-refractivity contribution in [3.05, 3.63) is 22.1 Å². The molecule has 1 aliphatic heterocycles. The fraction of sp³-hybridized carbons (Fsp3) is 0.600. The number of carbonyl (C=O) groups excluding carboxylic acids is 2. The first-order chi connectivity index (χ1) is 8.10. The lowest BCUT2D eigenvalue weighted by atomic mass is 9.95. The normalized spacial score (nSPS) is 29.6. The molecule has 7 nitrogen and oxygen atoms in total. The zero-order valence-corrected chi connectivity index (χ0v) is 9.53. The van der Waals surface area contributed by atoms with Crippen LogP contribution < -0.4 is 0 Å². The van der Waals surface area contributed by atoms with Gasteiger partial charge in [-0.05, 0) is 18.0 Å². The predicted octanol–water partition coefficient (Wildman–Crippen LogP) is 0.768. The third-order valence-corrected chi connectivity index (χ3v) is 3.11. The molecule has 0 bridgehead atoms. The van der Waals surface area contributed by atoms with E-state index < -0.39 is 5.97 Å². The van der Waals surface area contributed by atoms with Crippen LogP contribution in [0.5, 0.6) is 0 Å². The van der Waals surface area contributed by atoms with Crippen LogP contribution in [0.4, 0.5) is 0 Å². The van der Waals surface area contributed by atoms with Gasteiger partial charge in [-0.3, -0.25) is 4.79 Å². The number of amides is 1. The molecule has 1 amide bonds. The fourth-order valence-corrected chi connectivity index (χ4v) is 2.36. The number of ether oxygens (including phenoxy) is 1. The van der Waals surface area contributed by atoms with Gasteiger partial charge < -0.3 is 9.64 Å². The van der Waals surface area contributed by atoms with Gasteiger partial charge in [0.1, 0.15) is 0 Å². The highest BCUT2D eigenvalue weighted by Gasteiger charge is 2.55. The number of fused-ring (bicyclic) bond motifs is 1. The van der Waals surface area contributed by atoms with Crippen LogP contribution >= 0.6 is 0 Å². The van der Waals surface area contributed by atoms with E-state index in [0.717, 1.165) is 0 Å². The number of hydrogen-bond donors (Lipinski definition) is 0. The minimum Gasteiger partial charge on any atom is -0.466 e. The molecule has 2 rings (SSSR count). The van der Waals surface area contributed by atoms with E-state index in [4.69, 9.17) is 5.53 Å². The number of hydrogen-bond acceptors (Lipinski definition) is 4. The molecule has 90 valence electrons. The van der Waals surface area contributed by atoms with E-state index in [0.29, 0.717) is 12.0 Å². The van der Waals surface area contributed by atoms with Gasteiger partial charge in [0.25, 0.3) is 0 Å². The maximum Gasteiger partial charge on any atom is 0.333 e. The summed E-state index contributed by atoms with van der Waals surface area (Å²) in [5.74, 6) is -0.516. The lowest BCUT2D eigenvalue weighted by Crippen LogP contribution is -2.24. The SMILES string of the molecule is COC(=O)C1=C[C@@H]2C([C@@H](N=[N+]=[N-])C1)N2C(C)=O. The molecule has 0 radical (unpaired) electrons. The van der Waals surface area contributed by atoms with Crippen LogP contribution in [-0.4, -0.2) is 42.0 Å². The number of nitrogens with zero attached hydrogens (tertiary/aromatic N) is 4. The van der Waals surface area contributed by atoms with Crippen molar-refractivity contribution in [1.29, 1.82) is 0 Å². The Morgan fingerprint density at radius 1 is 1.65 bits per heavy atom. The third kappa shape index (κ3) is 1.85. The lowest BCUT2D eigenvalue weighted by Gasteiger charge is -2.14. The summed E-state index contributed by atoms with van der Waals surface area (Å²) >= 11 is 0. The Kier molecular flexibility index (Phi) is 2.77. The third-order valence-electron chi connectivity index (χ3n) is 3.11. The van der Waals surface area contributed by atoms with Gasteiger partial charge in [-0.1, -0.05) is 5.11 Å². The highest BCUT2D eigenvalue weighted by atomic mass is 16.5. The van der Waals surface area contributed by atoms with Gasteiger partial charge >= 0.3 is 5.97 Å². The Morgan fingerprint density at radius 2 is 2.35 bits per heavy atom. The molecule has 0 N–H and O–H groups in total. The second kappa shape index (κ2) is 4.10. The minimum atomic E-state index is -0.433. The van der Waals surface area contributed by atoms with E-state index in [9.17, 15) is 9.59 Å². The molecule has 17 heavy (non-hydrogen) atoms. The van der Waals surface area contributed by atoms with E-state index in [1.165, 1.54) is 14.0 Å². The molecular formula is C10H12N4O3. The Balaban J connectivity index is 2.25. The van der Waals surface area contributed by atoms with Crippen LogP contribution in [0.3, 0.4) is 0 Å². The molecule has 1 unspecified atom stereocenters. The first-order valence-corrected chi connectivity index (χ1v) is 5.22. The molecular weight excluding hydrogens is 224 g/mol. The van der Waals surface area contributed by atoms with Crippen LogP contribution in [0.1, 0.15) is 13.3 Å². The Morgan fingerprint density at radius 3 is 2.88 bits per heavy atom. The Labute approximate surface area is 97.7 Å². The van der Waals surface area contributed by atoms with Gasteiger partial charge in [0, 0.05) is 17.4 Å². The largest absolute Gasteiger partial charge is 0.466 e. The quantitative estimate of drug-likeness (QED) is 0.233. The lowest BCUT2D eigenvalue weighted by molar-refractivity contribution is -0.136. The van der Waals surface area contributed by atoms with Gasteiger partial charge in [0.15, 0.2) is 0 Å². The summed E-state index contributed by atoms with van der Waals surface area (Å²) in [4.78, 5) is 27.1. The highest BCUT2D eigenvalue weighted by Crippen LogP contribution is 2.41. The maximum atomic E-state index is 11.4. The standard InChI is InChI=1S/C10H12N4O3/c1-5(15)14-8-4-6(10(16)17-2)3-7(9(8)14)12-13-11/h4,7-9H,3H2,1-2H3/t7-,8+,9?,14?/m0/s1. The van der Waals surface area contributed by atoms with E-state index in [-0.39, 0.29) is 24.0 Å². The second-order valence-electron chi connectivity index (χ2n) is 4.07. The van der Waals surface area contributed by atoms with Crippen molar-refractivity contribution < 1.29 is 14.3 Å². The smallest absolute Gasteiger partial charge is 0.333 e. The predicted molar refractivity (Wildman–Crippen MR) is 57.7 cm³/mol. The average molecular weight is 236 g/mol.